The van der Waals surface area contributed by atoms with Gasteiger partial charge in [0.05, 0.1) is 0 Å². The van der Waals surface area contributed by atoms with Gasteiger partial charge in [-0.1, -0.05) is 34.0 Å². The molecule has 1 saturated heterocycles. The Labute approximate surface area is 128 Å². The minimum absolute atomic E-state index is 0.0978. The van der Waals surface area contributed by atoms with E-state index in [2.05, 4.69) is 27.8 Å². The highest BCUT2D eigenvalue weighted by atomic mass is 79.9. The molecule has 1 fully saturated rings. The molecule has 1 aromatic rings. The van der Waals surface area contributed by atoms with E-state index in [4.69, 9.17) is 4.74 Å². The van der Waals surface area contributed by atoms with Crippen molar-refractivity contribution in [1.82, 2.24) is 4.90 Å². The molecule has 20 heavy (non-hydrogen) atoms. The van der Waals surface area contributed by atoms with E-state index >= 15 is 0 Å². The number of benzene rings is 1. The SMILES string of the molecule is CC#CC(=O)N(Cc1cccc(Br)c1)C1CCOCC1. The highest BCUT2D eigenvalue weighted by Crippen LogP contribution is 2.19. The van der Waals surface area contributed by atoms with Crippen molar-refractivity contribution in [2.24, 2.45) is 0 Å². The number of amides is 1. The third-order valence-corrected chi connectivity index (χ3v) is 3.86. The highest BCUT2D eigenvalue weighted by Gasteiger charge is 2.25. The summed E-state index contributed by atoms with van der Waals surface area (Å²) in [6, 6.07) is 8.26. The quantitative estimate of drug-likeness (QED) is 0.795. The third kappa shape index (κ3) is 4.09. The lowest BCUT2D eigenvalue weighted by Crippen LogP contribution is -2.42. The molecule has 3 nitrogen and oxygen atoms in total. The van der Waals surface area contributed by atoms with Gasteiger partial charge in [-0.05, 0) is 43.4 Å². The topological polar surface area (TPSA) is 29.5 Å². The lowest BCUT2D eigenvalue weighted by molar-refractivity contribution is -0.129. The van der Waals surface area contributed by atoms with Gasteiger partial charge in [-0.15, -0.1) is 0 Å². The van der Waals surface area contributed by atoms with E-state index in [1.165, 1.54) is 0 Å². The van der Waals surface area contributed by atoms with E-state index in [0.717, 1.165) is 22.9 Å². The summed E-state index contributed by atoms with van der Waals surface area (Å²) in [7, 11) is 0. The van der Waals surface area contributed by atoms with Crippen LogP contribution in [0.15, 0.2) is 28.7 Å². The van der Waals surface area contributed by atoms with Gasteiger partial charge < -0.3 is 9.64 Å². The number of hydrogen-bond donors (Lipinski definition) is 0. The Morgan fingerprint density at radius 2 is 2.20 bits per heavy atom. The summed E-state index contributed by atoms with van der Waals surface area (Å²) < 4.78 is 6.40. The number of hydrogen-bond acceptors (Lipinski definition) is 2. The molecule has 106 valence electrons. The molecule has 0 aliphatic carbocycles. The first-order valence-corrected chi connectivity index (χ1v) is 7.55. The summed E-state index contributed by atoms with van der Waals surface area (Å²) >= 11 is 3.46. The molecule has 0 saturated carbocycles. The fraction of sp³-hybridized carbons (Fsp3) is 0.438. The van der Waals surface area contributed by atoms with E-state index in [1.807, 2.05) is 29.2 Å². The standard InChI is InChI=1S/C16H18BrNO2/c1-2-4-16(19)18(15-7-9-20-10-8-15)12-13-5-3-6-14(17)11-13/h3,5-6,11,15H,7-10,12H2,1H3. The molecule has 1 heterocycles. The first-order chi connectivity index (χ1) is 9.70. The summed E-state index contributed by atoms with van der Waals surface area (Å²) in [4.78, 5) is 14.1. The van der Waals surface area contributed by atoms with Crippen molar-refractivity contribution in [3.8, 4) is 11.8 Å². The molecular formula is C16H18BrNO2. The zero-order chi connectivity index (χ0) is 14.4. The smallest absolute Gasteiger partial charge is 0.299 e. The van der Waals surface area contributed by atoms with Gasteiger partial charge in [-0.25, -0.2) is 0 Å². The van der Waals surface area contributed by atoms with Crippen LogP contribution < -0.4 is 0 Å². The second-order valence-electron chi connectivity index (χ2n) is 4.78. The summed E-state index contributed by atoms with van der Waals surface area (Å²) in [5.74, 6) is 5.27. The first kappa shape index (κ1) is 15.1. The molecule has 0 aromatic heterocycles. The molecule has 1 aliphatic rings. The normalized spacial score (nSPS) is 15.3. The molecule has 1 aromatic carbocycles. The van der Waals surface area contributed by atoms with Gasteiger partial charge in [-0.2, -0.15) is 0 Å². The van der Waals surface area contributed by atoms with Gasteiger partial charge in [0, 0.05) is 30.3 Å². The number of rotatable bonds is 3. The second kappa shape index (κ2) is 7.47. The van der Waals surface area contributed by atoms with Crippen molar-refractivity contribution in [3.63, 3.8) is 0 Å². The molecule has 2 rings (SSSR count). The number of carbonyl (C=O) groups is 1. The predicted octanol–water partition coefficient (Wildman–Crippen LogP) is 2.98. The molecule has 0 unspecified atom stereocenters. The Morgan fingerprint density at radius 1 is 1.45 bits per heavy atom. The number of carbonyl (C=O) groups excluding carboxylic acids is 1. The molecule has 0 bridgehead atoms. The van der Waals surface area contributed by atoms with Gasteiger partial charge in [-0.3, -0.25) is 4.79 Å². The first-order valence-electron chi connectivity index (χ1n) is 6.76. The number of nitrogens with zero attached hydrogens (tertiary/aromatic N) is 1. The number of halogens is 1. The summed E-state index contributed by atoms with van der Waals surface area (Å²) in [5, 5.41) is 0. The van der Waals surface area contributed by atoms with Gasteiger partial charge in [0.1, 0.15) is 0 Å². The maximum absolute atomic E-state index is 12.2. The van der Waals surface area contributed by atoms with Crippen molar-refractivity contribution >= 4 is 21.8 Å². The largest absolute Gasteiger partial charge is 0.381 e. The molecule has 0 atom stereocenters. The monoisotopic (exact) mass is 335 g/mol. The van der Waals surface area contributed by atoms with Gasteiger partial charge in [0.2, 0.25) is 0 Å². The van der Waals surface area contributed by atoms with Crippen molar-refractivity contribution in [2.75, 3.05) is 13.2 Å². The van der Waals surface area contributed by atoms with Gasteiger partial charge >= 0.3 is 0 Å². The zero-order valence-electron chi connectivity index (χ0n) is 11.6. The average Bonchev–Trinajstić information content (AvgIpc) is 2.46. The predicted molar refractivity (Wildman–Crippen MR) is 82.0 cm³/mol. The Hall–Kier alpha value is -1.31. The van der Waals surface area contributed by atoms with Crippen molar-refractivity contribution in [1.29, 1.82) is 0 Å². The third-order valence-electron chi connectivity index (χ3n) is 3.37. The summed E-state index contributed by atoms with van der Waals surface area (Å²) in [6.45, 7) is 3.72. The minimum Gasteiger partial charge on any atom is -0.381 e. The van der Waals surface area contributed by atoms with E-state index in [1.54, 1.807) is 6.92 Å². The van der Waals surface area contributed by atoms with Crippen molar-refractivity contribution in [2.45, 2.75) is 32.4 Å². The van der Waals surface area contributed by atoms with Gasteiger partial charge in [0.25, 0.3) is 5.91 Å². The second-order valence-corrected chi connectivity index (χ2v) is 5.70. The molecule has 0 spiro atoms. The van der Waals surface area contributed by atoms with Crippen LogP contribution >= 0.6 is 15.9 Å². The summed E-state index contributed by atoms with van der Waals surface area (Å²) in [6.07, 6.45) is 1.76. The average molecular weight is 336 g/mol. The van der Waals surface area contributed by atoms with Crippen LogP contribution in [0.4, 0.5) is 0 Å². The van der Waals surface area contributed by atoms with E-state index in [-0.39, 0.29) is 11.9 Å². The van der Waals surface area contributed by atoms with Crippen LogP contribution in [0.25, 0.3) is 0 Å². The maximum Gasteiger partial charge on any atom is 0.299 e. The zero-order valence-corrected chi connectivity index (χ0v) is 13.1. The fourth-order valence-corrected chi connectivity index (χ4v) is 2.82. The van der Waals surface area contributed by atoms with Gasteiger partial charge in [0.15, 0.2) is 0 Å². The lowest BCUT2D eigenvalue weighted by Gasteiger charge is -2.33. The van der Waals surface area contributed by atoms with E-state index in [0.29, 0.717) is 19.8 Å². The maximum atomic E-state index is 12.2. The fourth-order valence-electron chi connectivity index (χ4n) is 2.37. The molecule has 0 N–H and O–H groups in total. The lowest BCUT2D eigenvalue weighted by atomic mass is 10.1. The van der Waals surface area contributed by atoms with Crippen molar-refractivity contribution < 1.29 is 9.53 Å². The molecule has 1 amide bonds. The van der Waals surface area contributed by atoms with E-state index < -0.39 is 0 Å². The molecule has 0 radical (unpaired) electrons. The van der Waals surface area contributed by atoms with Crippen LogP contribution in [0.3, 0.4) is 0 Å². The molecule has 1 aliphatic heterocycles. The Balaban J connectivity index is 2.16. The van der Waals surface area contributed by atoms with Crippen LogP contribution in [0.5, 0.6) is 0 Å². The van der Waals surface area contributed by atoms with Crippen LogP contribution in [-0.2, 0) is 16.1 Å². The Morgan fingerprint density at radius 3 is 2.85 bits per heavy atom. The van der Waals surface area contributed by atoms with Crippen molar-refractivity contribution in [3.05, 3.63) is 34.3 Å². The van der Waals surface area contributed by atoms with E-state index in [9.17, 15) is 4.79 Å². The Kier molecular flexibility index (Phi) is 5.63. The van der Waals surface area contributed by atoms with Crippen LogP contribution in [-0.4, -0.2) is 30.1 Å². The molecular weight excluding hydrogens is 318 g/mol. The highest BCUT2D eigenvalue weighted by molar-refractivity contribution is 9.10. The van der Waals surface area contributed by atoms with Crippen LogP contribution in [0.2, 0.25) is 0 Å². The van der Waals surface area contributed by atoms with Crippen LogP contribution in [0.1, 0.15) is 25.3 Å². The summed E-state index contributed by atoms with van der Waals surface area (Å²) in [5.41, 5.74) is 1.11. The molecule has 4 heteroatoms. The Bertz CT molecular complexity index is 527. The minimum atomic E-state index is -0.0978. The number of ether oxygens (including phenoxy) is 1. The van der Waals surface area contributed by atoms with Crippen LogP contribution in [0, 0.1) is 11.8 Å².